The number of hydrogen-bond donors (Lipinski definition) is 0. The summed E-state index contributed by atoms with van der Waals surface area (Å²) >= 11 is 1.29. The van der Waals surface area contributed by atoms with Crippen molar-refractivity contribution in [1.29, 1.82) is 0 Å². The van der Waals surface area contributed by atoms with Gasteiger partial charge in [0, 0.05) is 19.1 Å². The highest BCUT2D eigenvalue weighted by Crippen LogP contribution is 2.33. The third kappa shape index (κ3) is 3.69. The number of aryl methyl sites for hydroxylation is 2. The molecule has 0 amide bonds. The summed E-state index contributed by atoms with van der Waals surface area (Å²) in [5.41, 5.74) is 0.632. The molecule has 1 aliphatic rings. The molecule has 1 aromatic rings. The molecule has 0 aliphatic carbocycles. The third-order valence-electron chi connectivity index (χ3n) is 4.21. The van der Waals surface area contributed by atoms with Crippen molar-refractivity contribution < 1.29 is 8.42 Å². The Hall–Kier alpha value is -0.500. The average molecular weight is 346 g/mol. The second-order valence-electron chi connectivity index (χ2n) is 6.52. The van der Waals surface area contributed by atoms with Crippen molar-refractivity contribution in [2.24, 2.45) is 5.92 Å². The number of thiazole rings is 1. The third-order valence-corrected chi connectivity index (χ3v) is 7.80. The largest absolute Gasteiger partial charge is 0.309 e. The molecule has 1 fully saturated rings. The van der Waals surface area contributed by atoms with Crippen molar-refractivity contribution in [3.8, 4) is 0 Å². The van der Waals surface area contributed by atoms with Gasteiger partial charge >= 0.3 is 0 Å². The fourth-order valence-corrected chi connectivity index (χ4v) is 6.74. The fourth-order valence-electron chi connectivity index (χ4n) is 3.35. The molecule has 1 aliphatic heterocycles. The first kappa shape index (κ1) is 17.8. The Morgan fingerprint density at radius 3 is 2.59 bits per heavy atom. The zero-order chi connectivity index (χ0) is 16.5. The normalized spacial score (nSPS) is 22.2. The topological polar surface area (TPSA) is 53.5 Å². The highest BCUT2D eigenvalue weighted by Gasteiger charge is 2.38. The van der Waals surface area contributed by atoms with E-state index >= 15 is 0 Å². The van der Waals surface area contributed by atoms with Gasteiger partial charge in [-0.15, -0.1) is 11.3 Å². The number of rotatable bonds is 5. The molecule has 1 saturated heterocycles. The Morgan fingerprint density at radius 2 is 2.05 bits per heavy atom. The van der Waals surface area contributed by atoms with Gasteiger partial charge in [-0.1, -0.05) is 13.3 Å². The molecule has 0 spiro atoms. The predicted octanol–water partition coefficient (Wildman–Crippen LogP) is 2.50. The molecule has 0 radical (unpaired) electrons. The minimum absolute atomic E-state index is 0.0861. The maximum absolute atomic E-state index is 13.1. The number of nitrogens with zero attached hydrogens (tertiary/aromatic N) is 3. The van der Waals surface area contributed by atoms with Gasteiger partial charge in [-0.3, -0.25) is 0 Å². The van der Waals surface area contributed by atoms with Gasteiger partial charge in [0.05, 0.1) is 10.7 Å². The quantitative estimate of drug-likeness (QED) is 0.823. The van der Waals surface area contributed by atoms with E-state index < -0.39 is 10.0 Å². The lowest BCUT2D eigenvalue weighted by Gasteiger charge is -2.38. The summed E-state index contributed by atoms with van der Waals surface area (Å²) < 4.78 is 28.4. The zero-order valence-corrected chi connectivity index (χ0v) is 15.8. The van der Waals surface area contributed by atoms with E-state index in [1.165, 1.54) is 11.3 Å². The number of aromatic nitrogens is 1. The van der Waals surface area contributed by atoms with Crippen LogP contribution in [0.1, 0.15) is 36.9 Å². The first-order valence-electron chi connectivity index (χ1n) is 7.84. The molecule has 2 unspecified atom stereocenters. The number of sulfonamides is 1. The summed E-state index contributed by atoms with van der Waals surface area (Å²) in [5, 5.41) is 0.811. The maximum Gasteiger partial charge on any atom is 0.254 e. The van der Waals surface area contributed by atoms with Crippen LogP contribution in [0, 0.1) is 19.8 Å². The lowest BCUT2D eigenvalue weighted by molar-refractivity contribution is 0.168. The van der Waals surface area contributed by atoms with Crippen LogP contribution in [-0.2, 0) is 10.0 Å². The van der Waals surface area contributed by atoms with Crippen LogP contribution in [0.2, 0.25) is 0 Å². The minimum Gasteiger partial charge on any atom is -0.309 e. The van der Waals surface area contributed by atoms with E-state index in [4.69, 9.17) is 0 Å². The van der Waals surface area contributed by atoms with Crippen LogP contribution in [0.4, 0.5) is 0 Å². The van der Waals surface area contributed by atoms with Crippen molar-refractivity contribution in [1.82, 2.24) is 14.2 Å². The number of piperidine rings is 1. The highest BCUT2D eigenvalue weighted by atomic mass is 32.2. The van der Waals surface area contributed by atoms with Crippen LogP contribution in [0.25, 0.3) is 0 Å². The molecule has 5 nitrogen and oxygen atoms in total. The van der Waals surface area contributed by atoms with E-state index in [0.29, 0.717) is 22.4 Å². The lowest BCUT2D eigenvalue weighted by Crippen LogP contribution is -2.48. The fraction of sp³-hybridized carbons (Fsp3) is 0.800. The standard InChI is InChI=1S/C15H27N3O2S2/c1-11(10-17(4)5)14-8-6-7-9-18(14)22(19,20)15-12(2)16-13(3)21-15/h11,14H,6-10H2,1-5H3. The highest BCUT2D eigenvalue weighted by molar-refractivity contribution is 7.91. The molecule has 2 atom stereocenters. The molecular weight excluding hydrogens is 318 g/mol. The first-order chi connectivity index (χ1) is 10.2. The Bertz CT molecular complexity index is 610. The van der Waals surface area contributed by atoms with E-state index in [1.54, 1.807) is 11.2 Å². The van der Waals surface area contributed by atoms with Crippen LogP contribution < -0.4 is 0 Å². The summed E-state index contributed by atoms with van der Waals surface area (Å²) in [7, 11) is 0.642. The molecule has 22 heavy (non-hydrogen) atoms. The Balaban J connectivity index is 2.32. The van der Waals surface area contributed by atoms with Gasteiger partial charge in [0.2, 0.25) is 0 Å². The Morgan fingerprint density at radius 1 is 1.36 bits per heavy atom. The molecule has 0 aromatic carbocycles. The molecule has 0 saturated carbocycles. The smallest absolute Gasteiger partial charge is 0.254 e. The van der Waals surface area contributed by atoms with Gasteiger partial charge in [-0.2, -0.15) is 4.31 Å². The van der Waals surface area contributed by atoms with E-state index in [2.05, 4.69) is 16.8 Å². The minimum atomic E-state index is -3.43. The molecule has 126 valence electrons. The van der Waals surface area contributed by atoms with Crippen LogP contribution in [0.5, 0.6) is 0 Å². The second kappa shape index (κ2) is 6.95. The van der Waals surface area contributed by atoms with Gasteiger partial charge in [-0.05, 0) is 46.7 Å². The van der Waals surface area contributed by atoms with E-state index in [1.807, 2.05) is 21.0 Å². The van der Waals surface area contributed by atoms with Gasteiger partial charge in [0.1, 0.15) is 0 Å². The molecule has 0 bridgehead atoms. The zero-order valence-electron chi connectivity index (χ0n) is 14.2. The SMILES string of the molecule is Cc1nc(C)c(S(=O)(=O)N2CCCCC2C(C)CN(C)C)s1. The maximum atomic E-state index is 13.1. The van der Waals surface area contributed by atoms with Gasteiger partial charge in [0.15, 0.2) is 4.21 Å². The summed E-state index contributed by atoms with van der Waals surface area (Å²) in [6.45, 7) is 7.33. The van der Waals surface area contributed by atoms with Crippen LogP contribution in [0.3, 0.4) is 0 Å². The van der Waals surface area contributed by atoms with Gasteiger partial charge in [0.25, 0.3) is 10.0 Å². The first-order valence-corrected chi connectivity index (χ1v) is 10.1. The molecule has 1 aromatic heterocycles. The number of hydrogen-bond acceptors (Lipinski definition) is 5. The van der Waals surface area contributed by atoms with E-state index in [0.717, 1.165) is 30.8 Å². The average Bonchev–Trinajstić information content (AvgIpc) is 2.77. The molecule has 7 heteroatoms. The van der Waals surface area contributed by atoms with Crippen molar-refractivity contribution >= 4 is 21.4 Å². The van der Waals surface area contributed by atoms with Crippen molar-refractivity contribution in [3.05, 3.63) is 10.7 Å². The molecular formula is C15H27N3O2S2. The molecule has 2 heterocycles. The van der Waals surface area contributed by atoms with Crippen molar-refractivity contribution in [2.45, 2.75) is 50.3 Å². The summed E-state index contributed by atoms with van der Waals surface area (Å²) in [5.74, 6) is 0.319. The van der Waals surface area contributed by atoms with Gasteiger partial charge in [-0.25, -0.2) is 13.4 Å². The van der Waals surface area contributed by atoms with Crippen LogP contribution in [-0.4, -0.2) is 55.8 Å². The summed E-state index contributed by atoms with van der Waals surface area (Å²) in [6, 6.07) is 0.0861. The summed E-state index contributed by atoms with van der Waals surface area (Å²) in [6.07, 6.45) is 3.00. The van der Waals surface area contributed by atoms with E-state index in [-0.39, 0.29) is 6.04 Å². The lowest BCUT2D eigenvalue weighted by atomic mass is 9.93. The van der Waals surface area contributed by atoms with Crippen molar-refractivity contribution in [2.75, 3.05) is 27.2 Å². The Kier molecular flexibility index (Phi) is 5.63. The second-order valence-corrected chi connectivity index (χ2v) is 9.81. The summed E-state index contributed by atoms with van der Waals surface area (Å²) in [4.78, 5) is 6.43. The Labute approximate surface area is 138 Å². The molecule has 0 N–H and O–H groups in total. The molecule has 2 rings (SSSR count). The monoisotopic (exact) mass is 345 g/mol. The van der Waals surface area contributed by atoms with Crippen LogP contribution >= 0.6 is 11.3 Å². The van der Waals surface area contributed by atoms with E-state index in [9.17, 15) is 8.42 Å². The van der Waals surface area contributed by atoms with Crippen molar-refractivity contribution in [3.63, 3.8) is 0 Å². The van der Waals surface area contributed by atoms with Crippen LogP contribution in [0.15, 0.2) is 4.21 Å². The predicted molar refractivity (Wildman–Crippen MR) is 90.8 cm³/mol. The van der Waals surface area contributed by atoms with Gasteiger partial charge < -0.3 is 4.90 Å².